The molecule has 0 saturated carbocycles. The van der Waals surface area contributed by atoms with E-state index in [0.717, 1.165) is 25.9 Å². The van der Waals surface area contributed by atoms with Gasteiger partial charge in [0.2, 0.25) is 0 Å². The molecule has 0 aliphatic carbocycles. The van der Waals surface area contributed by atoms with Gasteiger partial charge in [-0.2, -0.15) is 0 Å². The van der Waals surface area contributed by atoms with Crippen LogP contribution in [0.3, 0.4) is 0 Å². The Morgan fingerprint density at radius 3 is 2.64 bits per heavy atom. The number of hydrogen-bond donors (Lipinski definition) is 1. The van der Waals surface area contributed by atoms with Crippen LogP contribution in [0.2, 0.25) is 0 Å². The van der Waals surface area contributed by atoms with E-state index in [0.29, 0.717) is 6.61 Å². The Bertz CT molecular complexity index is 188. The van der Waals surface area contributed by atoms with Gasteiger partial charge in [-0.3, -0.25) is 0 Å². The minimum Gasteiger partial charge on any atom is -0.464 e. The third-order valence-corrected chi connectivity index (χ3v) is 2.51. The van der Waals surface area contributed by atoms with Crippen molar-refractivity contribution < 1.29 is 14.3 Å². The van der Waals surface area contributed by atoms with E-state index in [1.807, 2.05) is 6.92 Å². The van der Waals surface area contributed by atoms with Gasteiger partial charge in [-0.25, -0.2) is 4.79 Å². The number of esters is 1. The highest BCUT2D eigenvalue weighted by atomic mass is 16.6. The predicted molar refractivity (Wildman–Crippen MR) is 53.1 cm³/mol. The number of hydrogen-bond acceptors (Lipinski definition) is 4. The molecule has 1 aliphatic rings. The third-order valence-electron chi connectivity index (χ3n) is 2.51. The maximum Gasteiger partial charge on any atom is 0.332 e. The summed E-state index contributed by atoms with van der Waals surface area (Å²) in [5, 5.41) is 3.26. The first-order valence-electron chi connectivity index (χ1n) is 5.16. The zero-order valence-electron chi connectivity index (χ0n) is 8.97. The predicted octanol–water partition coefficient (Wildman–Crippen LogP) is 0.708. The number of piperidine rings is 1. The largest absolute Gasteiger partial charge is 0.464 e. The molecule has 1 aliphatic heterocycles. The van der Waals surface area contributed by atoms with Crippen LogP contribution in [0.5, 0.6) is 0 Å². The maximum atomic E-state index is 11.1. The van der Waals surface area contributed by atoms with Gasteiger partial charge in [0.05, 0.1) is 12.2 Å². The average Bonchev–Trinajstić information content (AvgIpc) is 2.17. The van der Waals surface area contributed by atoms with Crippen LogP contribution < -0.4 is 5.32 Å². The van der Waals surface area contributed by atoms with Gasteiger partial charge in [0.15, 0.2) is 0 Å². The van der Waals surface area contributed by atoms with Crippen molar-refractivity contribution in [3.8, 4) is 0 Å². The van der Waals surface area contributed by atoms with E-state index in [4.69, 9.17) is 9.47 Å². The number of ether oxygens (including phenoxy) is 2. The minimum absolute atomic E-state index is 0.0737. The van der Waals surface area contributed by atoms with Gasteiger partial charge in [-0.1, -0.05) is 0 Å². The Morgan fingerprint density at radius 1 is 1.43 bits per heavy atom. The molecule has 0 spiro atoms. The lowest BCUT2D eigenvalue weighted by Crippen LogP contribution is -2.42. The summed E-state index contributed by atoms with van der Waals surface area (Å²) in [4.78, 5) is 11.1. The van der Waals surface area contributed by atoms with Gasteiger partial charge in [-0.15, -0.1) is 0 Å². The molecule has 0 amide bonds. The second kappa shape index (κ2) is 5.32. The highest BCUT2D eigenvalue weighted by Crippen LogP contribution is 2.21. The molecule has 0 radical (unpaired) electrons. The molecule has 0 aromatic heterocycles. The van der Waals surface area contributed by atoms with Crippen LogP contribution in [-0.4, -0.2) is 37.9 Å². The zero-order chi connectivity index (χ0) is 10.4. The first kappa shape index (κ1) is 11.5. The molecule has 0 aromatic carbocycles. The van der Waals surface area contributed by atoms with Crippen LogP contribution in [0.1, 0.15) is 26.7 Å². The normalized spacial score (nSPS) is 20.4. The van der Waals surface area contributed by atoms with Crippen LogP contribution >= 0.6 is 0 Å². The Morgan fingerprint density at radius 2 is 2.07 bits per heavy atom. The molecule has 1 N–H and O–H groups in total. The van der Waals surface area contributed by atoms with Crippen LogP contribution in [-0.2, 0) is 14.3 Å². The van der Waals surface area contributed by atoms with Gasteiger partial charge >= 0.3 is 5.97 Å². The van der Waals surface area contributed by atoms with Crippen LogP contribution in [0, 0.1) is 0 Å². The Balaban J connectivity index is 2.24. The molecule has 1 heterocycles. The molecule has 14 heavy (non-hydrogen) atoms. The van der Waals surface area contributed by atoms with E-state index in [2.05, 4.69) is 5.32 Å². The molecule has 0 atom stereocenters. The lowest BCUT2D eigenvalue weighted by Gasteiger charge is -2.33. The number of nitrogens with one attached hydrogen (secondary N) is 1. The van der Waals surface area contributed by atoms with Crippen molar-refractivity contribution in [1.82, 2.24) is 5.32 Å². The SMILES string of the molecule is CCOC(=O)COC1(C)CCNCC1. The summed E-state index contributed by atoms with van der Waals surface area (Å²) in [5.41, 5.74) is -0.155. The summed E-state index contributed by atoms with van der Waals surface area (Å²) >= 11 is 0. The maximum absolute atomic E-state index is 11.1. The van der Waals surface area contributed by atoms with Crippen molar-refractivity contribution in [1.29, 1.82) is 0 Å². The van der Waals surface area contributed by atoms with E-state index in [9.17, 15) is 4.79 Å². The highest BCUT2D eigenvalue weighted by molar-refractivity contribution is 5.70. The molecule has 0 bridgehead atoms. The van der Waals surface area contributed by atoms with Gasteiger partial charge in [0.25, 0.3) is 0 Å². The smallest absolute Gasteiger partial charge is 0.332 e. The summed E-state index contributed by atoms with van der Waals surface area (Å²) in [6.45, 7) is 6.25. The molecule has 4 nitrogen and oxygen atoms in total. The molecule has 0 unspecified atom stereocenters. The molecule has 4 heteroatoms. The molecule has 0 aromatic rings. The van der Waals surface area contributed by atoms with Crippen molar-refractivity contribution >= 4 is 5.97 Å². The third kappa shape index (κ3) is 3.64. The first-order valence-corrected chi connectivity index (χ1v) is 5.16. The van der Waals surface area contributed by atoms with Crippen LogP contribution in [0.25, 0.3) is 0 Å². The second-order valence-corrected chi connectivity index (χ2v) is 3.79. The fourth-order valence-corrected chi connectivity index (χ4v) is 1.54. The van der Waals surface area contributed by atoms with Crippen LogP contribution in [0.4, 0.5) is 0 Å². The zero-order valence-corrected chi connectivity index (χ0v) is 8.97. The van der Waals surface area contributed by atoms with E-state index in [1.54, 1.807) is 6.92 Å². The lowest BCUT2D eigenvalue weighted by atomic mass is 9.95. The molecule has 1 saturated heterocycles. The van der Waals surface area contributed by atoms with Crippen molar-refractivity contribution in [3.63, 3.8) is 0 Å². The van der Waals surface area contributed by atoms with Gasteiger partial charge in [-0.05, 0) is 39.8 Å². The van der Waals surface area contributed by atoms with Gasteiger partial charge in [0.1, 0.15) is 6.61 Å². The topological polar surface area (TPSA) is 47.6 Å². The van der Waals surface area contributed by atoms with E-state index >= 15 is 0 Å². The highest BCUT2D eigenvalue weighted by Gasteiger charge is 2.28. The summed E-state index contributed by atoms with van der Waals surface area (Å²) in [6, 6.07) is 0. The van der Waals surface area contributed by atoms with Gasteiger partial charge in [0, 0.05) is 0 Å². The lowest BCUT2D eigenvalue weighted by molar-refractivity contribution is -0.156. The molecular formula is C10H19NO3. The second-order valence-electron chi connectivity index (χ2n) is 3.79. The fourth-order valence-electron chi connectivity index (χ4n) is 1.54. The van der Waals surface area contributed by atoms with Crippen molar-refractivity contribution in [2.24, 2.45) is 0 Å². The van der Waals surface area contributed by atoms with Crippen molar-refractivity contribution in [3.05, 3.63) is 0 Å². The Kier molecular flexibility index (Phi) is 4.35. The first-order chi connectivity index (χ1) is 6.66. The van der Waals surface area contributed by atoms with Gasteiger partial charge < -0.3 is 14.8 Å². The standard InChI is InChI=1S/C10H19NO3/c1-3-13-9(12)8-14-10(2)4-6-11-7-5-10/h11H,3-8H2,1-2H3. The van der Waals surface area contributed by atoms with Crippen molar-refractivity contribution in [2.75, 3.05) is 26.3 Å². The van der Waals surface area contributed by atoms with Crippen LogP contribution in [0.15, 0.2) is 0 Å². The molecule has 82 valence electrons. The molecular weight excluding hydrogens is 182 g/mol. The number of carbonyl (C=O) groups excluding carboxylic acids is 1. The Hall–Kier alpha value is -0.610. The Labute approximate surface area is 85.0 Å². The summed E-state index contributed by atoms with van der Waals surface area (Å²) in [5.74, 6) is -0.271. The fraction of sp³-hybridized carbons (Fsp3) is 0.900. The summed E-state index contributed by atoms with van der Waals surface area (Å²) in [7, 11) is 0. The molecule has 1 fully saturated rings. The molecule has 1 rings (SSSR count). The van der Waals surface area contributed by atoms with Crippen molar-refractivity contribution in [2.45, 2.75) is 32.3 Å². The average molecular weight is 201 g/mol. The monoisotopic (exact) mass is 201 g/mol. The number of carbonyl (C=O) groups is 1. The quantitative estimate of drug-likeness (QED) is 0.680. The number of rotatable bonds is 4. The van der Waals surface area contributed by atoms with E-state index in [-0.39, 0.29) is 18.2 Å². The summed E-state index contributed by atoms with van der Waals surface area (Å²) in [6.07, 6.45) is 1.90. The minimum atomic E-state index is -0.271. The summed E-state index contributed by atoms with van der Waals surface area (Å²) < 4.78 is 10.4. The van der Waals surface area contributed by atoms with E-state index in [1.165, 1.54) is 0 Å². The van der Waals surface area contributed by atoms with E-state index < -0.39 is 0 Å².